The fourth-order valence-electron chi connectivity index (χ4n) is 1.93. The standard InChI is InChI=1S/C12H15BrIN5/c1-2-19-12(16-7-17-19)6-11(18-15)9-5-8(14)3-4-10(9)13/h3-5,7,11,18H,2,6,15H2,1H3. The van der Waals surface area contributed by atoms with Gasteiger partial charge in [0, 0.05) is 21.0 Å². The zero-order valence-corrected chi connectivity index (χ0v) is 14.2. The molecule has 0 fully saturated rings. The van der Waals surface area contributed by atoms with E-state index in [4.69, 9.17) is 5.84 Å². The number of hydrogen-bond donors (Lipinski definition) is 2. The Kier molecular flexibility index (Phi) is 5.31. The first-order valence-corrected chi connectivity index (χ1v) is 7.80. The number of rotatable bonds is 5. The lowest BCUT2D eigenvalue weighted by atomic mass is 10.0. The highest BCUT2D eigenvalue weighted by Gasteiger charge is 2.17. The normalized spacial score (nSPS) is 12.6. The Hall–Kier alpha value is -0.510. The number of nitrogens with two attached hydrogens (primary N) is 1. The SMILES string of the molecule is CCn1ncnc1CC(NN)c1cc(I)ccc1Br. The average Bonchev–Trinajstić information content (AvgIpc) is 2.86. The van der Waals surface area contributed by atoms with Crippen LogP contribution in [0.5, 0.6) is 0 Å². The number of hydrazine groups is 1. The highest BCUT2D eigenvalue weighted by Crippen LogP contribution is 2.27. The molecule has 2 aromatic rings. The summed E-state index contributed by atoms with van der Waals surface area (Å²) < 4.78 is 4.10. The van der Waals surface area contributed by atoms with Crippen LogP contribution in [0, 0.1) is 3.57 Å². The van der Waals surface area contributed by atoms with Crippen LogP contribution in [-0.2, 0) is 13.0 Å². The zero-order chi connectivity index (χ0) is 13.8. The molecule has 1 aromatic heterocycles. The van der Waals surface area contributed by atoms with Crippen molar-refractivity contribution in [1.82, 2.24) is 20.2 Å². The predicted octanol–water partition coefficient (Wildman–Crippen LogP) is 2.41. The summed E-state index contributed by atoms with van der Waals surface area (Å²) >= 11 is 5.86. The summed E-state index contributed by atoms with van der Waals surface area (Å²) in [5.41, 5.74) is 3.99. The summed E-state index contributed by atoms with van der Waals surface area (Å²) in [5, 5.41) is 4.18. The summed E-state index contributed by atoms with van der Waals surface area (Å²) in [6.07, 6.45) is 2.28. The third-order valence-corrected chi connectivity index (χ3v) is 4.31. The second-order valence-electron chi connectivity index (χ2n) is 4.08. The number of hydrogen-bond acceptors (Lipinski definition) is 4. The highest BCUT2D eigenvalue weighted by molar-refractivity contribution is 14.1. The minimum atomic E-state index is -0.00130. The van der Waals surface area contributed by atoms with E-state index in [0.717, 1.165) is 22.4 Å². The molecule has 0 aliphatic heterocycles. The molecule has 1 atom stereocenters. The van der Waals surface area contributed by atoms with E-state index in [-0.39, 0.29) is 6.04 Å². The van der Waals surface area contributed by atoms with Crippen LogP contribution in [0.25, 0.3) is 0 Å². The predicted molar refractivity (Wildman–Crippen MR) is 86.3 cm³/mol. The van der Waals surface area contributed by atoms with E-state index in [1.54, 1.807) is 6.33 Å². The molecule has 2 rings (SSSR count). The lowest BCUT2D eigenvalue weighted by molar-refractivity contribution is 0.508. The molecule has 0 radical (unpaired) electrons. The maximum atomic E-state index is 5.70. The average molecular weight is 436 g/mol. The molecule has 102 valence electrons. The summed E-state index contributed by atoms with van der Waals surface area (Å²) in [4.78, 5) is 4.29. The quantitative estimate of drug-likeness (QED) is 0.430. The summed E-state index contributed by atoms with van der Waals surface area (Å²) in [5.74, 6) is 6.63. The van der Waals surface area contributed by atoms with Crippen molar-refractivity contribution >= 4 is 38.5 Å². The number of aromatic nitrogens is 3. The summed E-state index contributed by atoms with van der Waals surface area (Å²) in [6, 6.07) is 6.20. The minimum Gasteiger partial charge on any atom is -0.271 e. The Labute approximate surface area is 134 Å². The highest BCUT2D eigenvalue weighted by atomic mass is 127. The fourth-order valence-corrected chi connectivity index (χ4v) is 2.97. The van der Waals surface area contributed by atoms with Gasteiger partial charge in [-0.2, -0.15) is 5.10 Å². The van der Waals surface area contributed by atoms with Crippen molar-refractivity contribution in [1.29, 1.82) is 0 Å². The Balaban J connectivity index is 2.27. The van der Waals surface area contributed by atoms with Gasteiger partial charge in [0.05, 0.1) is 6.04 Å². The van der Waals surface area contributed by atoms with Crippen LogP contribution in [0.15, 0.2) is 29.0 Å². The molecule has 0 saturated carbocycles. The molecular weight excluding hydrogens is 421 g/mol. The molecule has 1 heterocycles. The van der Waals surface area contributed by atoms with Gasteiger partial charge in [-0.15, -0.1) is 0 Å². The molecule has 19 heavy (non-hydrogen) atoms. The summed E-state index contributed by atoms with van der Waals surface area (Å²) in [7, 11) is 0. The second-order valence-corrected chi connectivity index (χ2v) is 6.18. The molecule has 5 nitrogen and oxygen atoms in total. The molecule has 0 amide bonds. The van der Waals surface area contributed by atoms with Gasteiger partial charge in [-0.1, -0.05) is 15.9 Å². The first-order chi connectivity index (χ1) is 9.15. The second kappa shape index (κ2) is 6.78. The first-order valence-electron chi connectivity index (χ1n) is 5.93. The van der Waals surface area contributed by atoms with Crippen molar-refractivity contribution in [3.8, 4) is 0 Å². The van der Waals surface area contributed by atoms with Gasteiger partial charge in [-0.05, 0) is 53.3 Å². The number of nitrogens with one attached hydrogen (secondary N) is 1. The molecule has 0 saturated heterocycles. The van der Waals surface area contributed by atoms with Crippen LogP contribution in [0.4, 0.5) is 0 Å². The van der Waals surface area contributed by atoms with Crippen LogP contribution in [0.1, 0.15) is 24.4 Å². The van der Waals surface area contributed by atoms with E-state index in [2.05, 4.69) is 66.2 Å². The van der Waals surface area contributed by atoms with Crippen molar-refractivity contribution in [3.63, 3.8) is 0 Å². The Morgan fingerprint density at radius 1 is 1.53 bits per heavy atom. The fraction of sp³-hybridized carbons (Fsp3) is 0.333. The molecule has 0 aliphatic carbocycles. The van der Waals surface area contributed by atoms with Gasteiger partial charge in [0.15, 0.2) is 0 Å². The molecule has 3 N–H and O–H groups in total. The van der Waals surface area contributed by atoms with E-state index in [9.17, 15) is 0 Å². The molecule has 0 spiro atoms. The van der Waals surface area contributed by atoms with Gasteiger partial charge in [-0.3, -0.25) is 16.0 Å². The number of nitrogens with zero attached hydrogens (tertiary/aromatic N) is 3. The van der Waals surface area contributed by atoms with Gasteiger partial charge < -0.3 is 0 Å². The largest absolute Gasteiger partial charge is 0.271 e. The van der Waals surface area contributed by atoms with Crippen LogP contribution >= 0.6 is 38.5 Å². The molecule has 1 unspecified atom stereocenters. The third-order valence-electron chi connectivity index (χ3n) is 2.92. The van der Waals surface area contributed by atoms with E-state index < -0.39 is 0 Å². The van der Waals surface area contributed by atoms with E-state index in [1.807, 2.05) is 17.7 Å². The molecule has 0 bridgehead atoms. The van der Waals surface area contributed by atoms with Gasteiger partial charge in [0.25, 0.3) is 0 Å². The van der Waals surface area contributed by atoms with Crippen molar-refractivity contribution in [2.45, 2.75) is 25.9 Å². The van der Waals surface area contributed by atoms with Crippen LogP contribution < -0.4 is 11.3 Å². The van der Waals surface area contributed by atoms with Crippen molar-refractivity contribution in [3.05, 3.63) is 44.0 Å². The van der Waals surface area contributed by atoms with Gasteiger partial charge in [0.1, 0.15) is 12.2 Å². The van der Waals surface area contributed by atoms with Crippen LogP contribution in [0.3, 0.4) is 0 Å². The number of aryl methyl sites for hydroxylation is 1. The van der Waals surface area contributed by atoms with E-state index in [0.29, 0.717) is 6.42 Å². The lowest BCUT2D eigenvalue weighted by Crippen LogP contribution is -2.30. The molecule has 7 heteroatoms. The maximum absolute atomic E-state index is 5.70. The topological polar surface area (TPSA) is 68.8 Å². The summed E-state index contributed by atoms with van der Waals surface area (Å²) in [6.45, 7) is 2.85. The first kappa shape index (κ1) is 14.9. The lowest BCUT2D eigenvalue weighted by Gasteiger charge is -2.18. The van der Waals surface area contributed by atoms with Gasteiger partial charge >= 0.3 is 0 Å². The number of halogens is 2. The number of benzene rings is 1. The van der Waals surface area contributed by atoms with E-state index in [1.165, 1.54) is 3.57 Å². The van der Waals surface area contributed by atoms with Gasteiger partial charge in [0.2, 0.25) is 0 Å². The maximum Gasteiger partial charge on any atom is 0.138 e. The van der Waals surface area contributed by atoms with Crippen molar-refractivity contribution < 1.29 is 0 Å². The van der Waals surface area contributed by atoms with Crippen LogP contribution in [0.2, 0.25) is 0 Å². The third kappa shape index (κ3) is 3.53. The Bertz CT molecular complexity index is 557. The molecular formula is C12H15BrIN5. The minimum absolute atomic E-state index is 0.00130. The molecule has 0 aliphatic rings. The smallest absolute Gasteiger partial charge is 0.138 e. The van der Waals surface area contributed by atoms with Crippen LogP contribution in [-0.4, -0.2) is 14.8 Å². The van der Waals surface area contributed by atoms with E-state index >= 15 is 0 Å². The van der Waals surface area contributed by atoms with Crippen molar-refractivity contribution in [2.75, 3.05) is 0 Å². The Morgan fingerprint density at radius 2 is 2.32 bits per heavy atom. The zero-order valence-electron chi connectivity index (χ0n) is 10.5. The monoisotopic (exact) mass is 435 g/mol. The van der Waals surface area contributed by atoms with Crippen molar-refractivity contribution in [2.24, 2.45) is 5.84 Å². The molecule has 1 aromatic carbocycles. The van der Waals surface area contributed by atoms with Gasteiger partial charge in [-0.25, -0.2) is 4.98 Å². The Morgan fingerprint density at radius 3 is 3.00 bits per heavy atom.